The Hall–Kier alpha value is -2.78. The highest BCUT2D eigenvalue weighted by atomic mass is 32.2. The molecular formula is C22H28N2O6S. The molecule has 168 valence electrons. The first-order valence-corrected chi connectivity index (χ1v) is 11.6. The Balaban J connectivity index is 1.78. The lowest BCUT2D eigenvalue weighted by atomic mass is 10.2. The number of hydrogen-bond donors (Lipinski definition) is 1. The van der Waals surface area contributed by atoms with Crippen molar-refractivity contribution in [3.8, 4) is 17.2 Å². The Morgan fingerprint density at radius 2 is 1.42 bits per heavy atom. The monoisotopic (exact) mass is 448 g/mol. The molecule has 2 aromatic carbocycles. The predicted molar refractivity (Wildman–Crippen MR) is 118 cm³/mol. The number of hydrogen-bond acceptors (Lipinski definition) is 6. The largest absolute Gasteiger partial charge is 0.493 e. The fourth-order valence-corrected chi connectivity index (χ4v) is 5.08. The molecule has 8 nitrogen and oxygen atoms in total. The van der Waals surface area contributed by atoms with E-state index in [-0.39, 0.29) is 10.8 Å². The summed E-state index contributed by atoms with van der Waals surface area (Å²) in [7, 11) is 0.927. The zero-order chi connectivity index (χ0) is 22.4. The average Bonchev–Trinajstić information content (AvgIpc) is 3.08. The number of sulfonamides is 1. The topological polar surface area (TPSA) is 94.2 Å². The van der Waals surface area contributed by atoms with E-state index >= 15 is 0 Å². The van der Waals surface area contributed by atoms with Crippen molar-refractivity contribution < 1.29 is 27.4 Å². The Morgan fingerprint density at radius 3 is 1.90 bits per heavy atom. The minimum Gasteiger partial charge on any atom is -0.493 e. The molecule has 1 fully saturated rings. The van der Waals surface area contributed by atoms with E-state index < -0.39 is 10.0 Å². The summed E-state index contributed by atoms with van der Waals surface area (Å²) < 4.78 is 43.2. The van der Waals surface area contributed by atoms with Gasteiger partial charge in [-0.3, -0.25) is 4.79 Å². The van der Waals surface area contributed by atoms with Gasteiger partial charge in [0, 0.05) is 36.5 Å². The Kier molecular flexibility index (Phi) is 7.40. The van der Waals surface area contributed by atoms with Crippen LogP contribution in [0.3, 0.4) is 0 Å². The van der Waals surface area contributed by atoms with E-state index in [1.807, 2.05) is 0 Å². The molecule has 0 bridgehead atoms. The Bertz CT molecular complexity index is 988. The molecule has 2 aromatic rings. The summed E-state index contributed by atoms with van der Waals surface area (Å²) in [5.74, 6) is 0.867. The fourth-order valence-electron chi connectivity index (χ4n) is 3.57. The van der Waals surface area contributed by atoms with E-state index in [2.05, 4.69) is 5.32 Å². The summed E-state index contributed by atoms with van der Waals surface area (Å²) in [4.78, 5) is 12.9. The van der Waals surface area contributed by atoms with Gasteiger partial charge in [-0.1, -0.05) is 12.8 Å². The molecule has 1 saturated heterocycles. The lowest BCUT2D eigenvalue weighted by molar-refractivity contribution is 0.102. The van der Waals surface area contributed by atoms with Gasteiger partial charge in [0.15, 0.2) is 11.5 Å². The number of nitrogens with zero attached hydrogens (tertiary/aromatic N) is 1. The molecule has 1 aliphatic heterocycles. The van der Waals surface area contributed by atoms with Crippen LogP contribution >= 0.6 is 0 Å². The minimum atomic E-state index is -3.56. The van der Waals surface area contributed by atoms with Gasteiger partial charge in [-0.15, -0.1) is 0 Å². The summed E-state index contributed by atoms with van der Waals surface area (Å²) in [5, 5.41) is 2.77. The van der Waals surface area contributed by atoms with Crippen LogP contribution in [0, 0.1) is 0 Å². The second-order valence-electron chi connectivity index (χ2n) is 7.21. The van der Waals surface area contributed by atoms with Crippen LogP contribution in [0.5, 0.6) is 17.2 Å². The summed E-state index contributed by atoms with van der Waals surface area (Å²) in [6.07, 6.45) is 3.83. The van der Waals surface area contributed by atoms with Crippen LogP contribution in [0.2, 0.25) is 0 Å². The van der Waals surface area contributed by atoms with E-state index in [0.29, 0.717) is 41.6 Å². The highest BCUT2D eigenvalue weighted by molar-refractivity contribution is 7.89. The number of carbonyl (C=O) groups excluding carboxylic acids is 1. The summed E-state index contributed by atoms with van der Waals surface area (Å²) in [6, 6.07) is 9.22. The second kappa shape index (κ2) is 10.0. The van der Waals surface area contributed by atoms with E-state index in [9.17, 15) is 13.2 Å². The molecule has 0 atom stereocenters. The third-order valence-corrected chi connectivity index (χ3v) is 7.15. The molecule has 1 heterocycles. The smallest absolute Gasteiger partial charge is 0.255 e. The molecular weight excluding hydrogens is 420 g/mol. The number of nitrogens with one attached hydrogen (secondary N) is 1. The minimum absolute atomic E-state index is 0.193. The van der Waals surface area contributed by atoms with Crippen molar-refractivity contribution in [2.24, 2.45) is 0 Å². The number of benzene rings is 2. The Morgan fingerprint density at radius 1 is 0.871 bits per heavy atom. The number of carbonyl (C=O) groups is 1. The molecule has 0 aliphatic carbocycles. The molecule has 31 heavy (non-hydrogen) atoms. The standard InChI is InChI=1S/C22H28N2O6S/c1-28-19-14-17(15-20(29-2)21(19)30-3)23-22(25)16-8-10-18(11-9-16)31(26,27)24-12-6-4-5-7-13-24/h8-11,14-15H,4-7,12-13H2,1-3H3,(H,23,25). The van der Waals surface area contributed by atoms with Crippen LogP contribution in [-0.2, 0) is 10.0 Å². The van der Waals surface area contributed by atoms with Gasteiger partial charge in [-0.25, -0.2) is 8.42 Å². The van der Waals surface area contributed by atoms with Gasteiger partial charge in [0.2, 0.25) is 15.8 Å². The summed E-state index contributed by atoms with van der Waals surface area (Å²) in [6.45, 7) is 1.07. The van der Waals surface area contributed by atoms with Crippen molar-refractivity contribution in [3.05, 3.63) is 42.0 Å². The van der Waals surface area contributed by atoms with Gasteiger partial charge >= 0.3 is 0 Å². The number of methoxy groups -OCH3 is 3. The third kappa shape index (κ3) is 5.11. The SMILES string of the molecule is COc1cc(NC(=O)c2ccc(S(=O)(=O)N3CCCCCC3)cc2)cc(OC)c1OC. The van der Waals surface area contributed by atoms with Crippen LogP contribution in [0.4, 0.5) is 5.69 Å². The zero-order valence-electron chi connectivity index (χ0n) is 18.0. The van der Waals surface area contributed by atoms with Crippen LogP contribution in [-0.4, -0.2) is 53.0 Å². The van der Waals surface area contributed by atoms with Crippen molar-refractivity contribution in [1.82, 2.24) is 4.31 Å². The molecule has 0 spiro atoms. The number of ether oxygens (including phenoxy) is 3. The highest BCUT2D eigenvalue weighted by Gasteiger charge is 2.25. The van der Waals surface area contributed by atoms with Crippen LogP contribution in [0.25, 0.3) is 0 Å². The third-order valence-electron chi connectivity index (χ3n) is 5.24. The molecule has 0 saturated carbocycles. The van der Waals surface area contributed by atoms with Gasteiger partial charge in [0.05, 0.1) is 26.2 Å². The van der Waals surface area contributed by atoms with Gasteiger partial charge in [-0.05, 0) is 37.1 Å². The predicted octanol–water partition coefficient (Wildman–Crippen LogP) is 3.53. The van der Waals surface area contributed by atoms with Gasteiger partial charge < -0.3 is 19.5 Å². The van der Waals surface area contributed by atoms with E-state index in [4.69, 9.17) is 14.2 Å². The maximum Gasteiger partial charge on any atom is 0.255 e. The fraction of sp³-hybridized carbons (Fsp3) is 0.409. The molecule has 0 unspecified atom stereocenters. The molecule has 1 N–H and O–H groups in total. The lowest BCUT2D eigenvalue weighted by Crippen LogP contribution is -2.31. The van der Waals surface area contributed by atoms with E-state index in [0.717, 1.165) is 25.7 Å². The van der Waals surface area contributed by atoms with Crippen LogP contribution in [0.15, 0.2) is 41.3 Å². The zero-order valence-corrected chi connectivity index (χ0v) is 18.8. The highest BCUT2D eigenvalue weighted by Crippen LogP contribution is 2.40. The van der Waals surface area contributed by atoms with Gasteiger partial charge in [0.25, 0.3) is 5.91 Å². The van der Waals surface area contributed by atoms with Crippen molar-refractivity contribution >= 4 is 21.6 Å². The molecule has 1 amide bonds. The molecule has 9 heteroatoms. The van der Waals surface area contributed by atoms with E-state index in [1.54, 1.807) is 12.1 Å². The average molecular weight is 449 g/mol. The van der Waals surface area contributed by atoms with Crippen molar-refractivity contribution in [1.29, 1.82) is 0 Å². The van der Waals surface area contributed by atoms with Crippen molar-refractivity contribution in [2.75, 3.05) is 39.7 Å². The lowest BCUT2D eigenvalue weighted by Gasteiger charge is -2.20. The second-order valence-corrected chi connectivity index (χ2v) is 9.15. The summed E-state index contributed by atoms with van der Waals surface area (Å²) in [5.41, 5.74) is 0.796. The summed E-state index contributed by atoms with van der Waals surface area (Å²) >= 11 is 0. The first-order chi connectivity index (χ1) is 14.9. The number of anilines is 1. The normalized spacial score (nSPS) is 15.1. The van der Waals surface area contributed by atoms with E-state index in [1.165, 1.54) is 49.9 Å². The quantitative estimate of drug-likeness (QED) is 0.696. The first kappa shape index (κ1) is 22.9. The van der Waals surface area contributed by atoms with Crippen LogP contribution < -0.4 is 19.5 Å². The van der Waals surface area contributed by atoms with Crippen molar-refractivity contribution in [3.63, 3.8) is 0 Å². The maximum absolute atomic E-state index is 12.9. The molecule has 0 radical (unpaired) electrons. The molecule has 1 aliphatic rings. The first-order valence-electron chi connectivity index (χ1n) is 10.1. The molecule has 0 aromatic heterocycles. The van der Waals surface area contributed by atoms with Crippen molar-refractivity contribution in [2.45, 2.75) is 30.6 Å². The number of amides is 1. The maximum atomic E-state index is 12.9. The number of rotatable bonds is 7. The van der Waals surface area contributed by atoms with Gasteiger partial charge in [0.1, 0.15) is 0 Å². The van der Waals surface area contributed by atoms with Gasteiger partial charge in [-0.2, -0.15) is 4.31 Å². The Labute approximate surface area is 183 Å². The van der Waals surface area contributed by atoms with Crippen LogP contribution in [0.1, 0.15) is 36.0 Å². The molecule has 3 rings (SSSR count).